The molecule has 0 saturated carbocycles. The van der Waals surface area contributed by atoms with Gasteiger partial charge in [0.2, 0.25) is 5.91 Å². The zero-order valence-electron chi connectivity index (χ0n) is 11.8. The molecule has 4 heteroatoms. The summed E-state index contributed by atoms with van der Waals surface area (Å²) in [5.41, 5.74) is 2.40. The van der Waals surface area contributed by atoms with Crippen LogP contribution in [0.1, 0.15) is 24.0 Å². The van der Waals surface area contributed by atoms with Crippen LogP contribution in [-0.2, 0) is 11.3 Å². The number of fused-ring (bicyclic) bond motifs is 1. The Morgan fingerprint density at radius 2 is 2.26 bits per heavy atom. The van der Waals surface area contributed by atoms with E-state index in [4.69, 9.17) is 0 Å². The lowest BCUT2D eigenvalue weighted by atomic mass is 9.90. The summed E-state index contributed by atoms with van der Waals surface area (Å²) < 4.78 is 0. The first-order valence-corrected chi connectivity index (χ1v) is 6.97. The first-order chi connectivity index (χ1) is 9.22. The van der Waals surface area contributed by atoms with Gasteiger partial charge >= 0.3 is 0 Å². The topological polar surface area (TPSA) is 44.4 Å². The summed E-state index contributed by atoms with van der Waals surface area (Å²) >= 11 is 0. The summed E-state index contributed by atoms with van der Waals surface area (Å²) in [6, 6.07) is 8.19. The van der Waals surface area contributed by atoms with Crippen LogP contribution in [0.3, 0.4) is 0 Å². The van der Waals surface area contributed by atoms with Gasteiger partial charge in [-0.25, -0.2) is 0 Å². The smallest absolute Gasteiger partial charge is 0.228 e. The van der Waals surface area contributed by atoms with Crippen molar-refractivity contribution >= 4 is 5.91 Å². The minimum Gasteiger partial charge on any atom is -0.354 e. The molecule has 1 unspecified atom stereocenters. The van der Waals surface area contributed by atoms with Crippen LogP contribution in [0.5, 0.6) is 0 Å². The van der Waals surface area contributed by atoms with Crippen LogP contribution >= 0.6 is 0 Å². The van der Waals surface area contributed by atoms with Crippen LogP contribution in [0.25, 0.3) is 0 Å². The van der Waals surface area contributed by atoms with E-state index in [1.165, 1.54) is 11.1 Å². The van der Waals surface area contributed by atoms with Crippen LogP contribution in [0.15, 0.2) is 24.3 Å². The highest BCUT2D eigenvalue weighted by atomic mass is 16.1. The van der Waals surface area contributed by atoms with Gasteiger partial charge in [0, 0.05) is 26.2 Å². The van der Waals surface area contributed by atoms with E-state index in [0.29, 0.717) is 6.54 Å². The third-order valence-corrected chi connectivity index (χ3v) is 3.74. The molecule has 0 aliphatic carbocycles. The van der Waals surface area contributed by atoms with Crippen molar-refractivity contribution in [3.63, 3.8) is 0 Å². The first kappa shape index (κ1) is 14.0. The third kappa shape index (κ3) is 3.55. The zero-order chi connectivity index (χ0) is 13.7. The van der Waals surface area contributed by atoms with Crippen LogP contribution in [0, 0.1) is 0 Å². The summed E-state index contributed by atoms with van der Waals surface area (Å²) in [7, 11) is 2.06. The van der Waals surface area contributed by atoms with E-state index in [1.807, 2.05) is 12.1 Å². The summed E-state index contributed by atoms with van der Waals surface area (Å²) in [6.45, 7) is 6.31. The molecule has 0 aromatic heterocycles. The Bertz CT molecular complexity index is 433. The summed E-state index contributed by atoms with van der Waals surface area (Å²) in [5.74, 6) is 0.0704. The monoisotopic (exact) mass is 261 g/mol. The molecule has 0 saturated heterocycles. The van der Waals surface area contributed by atoms with Crippen molar-refractivity contribution in [3.8, 4) is 0 Å². The van der Waals surface area contributed by atoms with E-state index in [1.54, 1.807) is 0 Å². The Morgan fingerprint density at radius 1 is 1.47 bits per heavy atom. The second-order valence-corrected chi connectivity index (χ2v) is 5.07. The minimum atomic E-state index is -0.0584. The van der Waals surface area contributed by atoms with Crippen molar-refractivity contribution in [1.82, 2.24) is 15.5 Å². The second kappa shape index (κ2) is 6.68. The minimum absolute atomic E-state index is 0.0584. The van der Waals surface area contributed by atoms with E-state index in [-0.39, 0.29) is 11.8 Å². The fourth-order valence-corrected chi connectivity index (χ4v) is 2.38. The number of nitrogens with one attached hydrogen (secondary N) is 2. The molecule has 19 heavy (non-hydrogen) atoms. The third-order valence-electron chi connectivity index (χ3n) is 3.74. The Morgan fingerprint density at radius 3 is 3.05 bits per heavy atom. The average molecular weight is 261 g/mol. The highest BCUT2D eigenvalue weighted by Crippen LogP contribution is 2.23. The molecular weight excluding hydrogens is 238 g/mol. The standard InChI is InChI=1S/C15H23N3O/c1-3-18(2)9-8-17-15(19)14-11-16-10-12-6-4-5-7-13(12)14/h4-7,14,16H,3,8-11H2,1-2H3,(H,17,19). The van der Waals surface area contributed by atoms with Gasteiger partial charge < -0.3 is 15.5 Å². The summed E-state index contributed by atoms with van der Waals surface area (Å²) in [6.07, 6.45) is 0. The first-order valence-electron chi connectivity index (χ1n) is 6.97. The van der Waals surface area contributed by atoms with Gasteiger partial charge in [-0.15, -0.1) is 0 Å². The number of amides is 1. The van der Waals surface area contributed by atoms with Gasteiger partial charge in [0.15, 0.2) is 0 Å². The Kier molecular flexibility index (Phi) is 4.93. The molecule has 1 amide bonds. The molecule has 1 aromatic carbocycles. The lowest BCUT2D eigenvalue weighted by Crippen LogP contribution is -2.41. The lowest BCUT2D eigenvalue weighted by Gasteiger charge is -2.26. The predicted octanol–water partition coefficient (Wildman–Crippen LogP) is 0.941. The molecule has 1 aromatic rings. The van der Waals surface area contributed by atoms with Crippen molar-refractivity contribution < 1.29 is 4.79 Å². The fraction of sp³-hybridized carbons (Fsp3) is 0.533. The van der Waals surface area contributed by atoms with Crippen molar-refractivity contribution in [3.05, 3.63) is 35.4 Å². The van der Waals surface area contributed by atoms with E-state index in [9.17, 15) is 4.79 Å². The molecular formula is C15H23N3O. The normalized spacial score (nSPS) is 18.2. The number of carbonyl (C=O) groups is 1. The maximum absolute atomic E-state index is 12.3. The van der Waals surface area contributed by atoms with Crippen molar-refractivity contribution in [2.24, 2.45) is 0 Å². The molecule has 2 N–H and O–H groups in total. The molecule has 0 radical (unpaired) electrons. The quantitative estimate of drug-likeness (QED) is 0.829. The van der Waals surface area contributed by atoms with Gasteiger partial charge in [-0.2, -0.15) is 0 Å². The van der Waals surface area contributed by atoms with Gasteiger partial charge in [-0.1, -0.05) is 31.2 Å². The maximum Gasteiger partial charge on any atom is 0.228 e. The van der Waals surface area contributed by atoms with Crippen molar-refractivity contribution in [1.29, 1.82) is 0 Å². The number of rotatable bonds is 5. The van der Waals surface area contributed by atoms with Crippen LogP contribution in [0.4, 0.5) is 0 Å². The number of hydrogen-bond acceptors (Lipinski definition) is 3. The van der Waals surface area contributed by atoms with Crippen molar-refractivity contribution in [2.45, 2.75) is 19.4 Å². The molecule has 4 nitrogen and oxygen atoms in total. The number of nitrogens with zero attached hydrogens (tertiary/aromatic N) is 1. The van der Waals surface area contributed by atoms with Gasteiger partial charge in [0.25, 0.3) is 0 Å². The van der Waals surface area contributed by atoms with Gasteiger partial charge in [0.05, 0.1) is 5.92 Å². The summed E-state index contributed by atoms with van der Waals surface area (Å²) in [4.78, 5) is 14.4. The molecule has 1 aliphatic rings. The molecule has 0 spiro atoms. The van der Waals surface area contributed by atoms with E-state index in [2.05, 4.69) is 41.6 Å². The van der Waals surface area contributed by atoms with Gasteiger partial charge in [-0.3, -0.25) is 4.79 Å². The Hall–Kier alpha value is -1.39. The maximum atomic E-state index is 12.3. The van der Waals surface area contributed by atoms with Gasteiger partial charge in [-0.05, 0) is 24.7 Å². The molecule has 1 heterocycles. The van der Waals surface area contributed by atoms with Crippen LogP contribution in [0.2, 0.25) is 0 Å². The highest BCUT2D eigenvalue weighted by molar-refractivity contribution is 5.84. The molecule has 0 fully saturated rings. The number of benzene rings is 1. The average Bonchev–Trinajstić information content (AvgIpc) is 2.46. The molecule has 1 atom stereocenters. The number of hydrogen-bond donors (Lipinski definition) is 2. The Balaban J connectivity index is 1.93. The van der Waals surface area contributed by atoms with Crippen molar-refractivity contribution in [2.75, 3.05) is 33.2 Å². The van der Waals surface area contributed by atoms with Crippen LogP contribution < -0.4 is 10.6 Å². The molecule has 2 rings (SSSR count). The molecule has 0 bridgehead atoms. The van der Waals surface area contributed by atoms with E-state index < -0.39 is 0 Å². The zero-order valence-corrected chi connectivity index (χ0v) is 11.8. The number of carbonyl (C=O) groups excluding carboxylic acids is 1. The molecule has 104 valence electrons. The summed E-state index contributed by atoms with van der Waals surface area (Å²) in [5, 5.41) is 6.35. The van der Waals surface area contributed by atoms with E-state index >= 15 is 0 Å². The van der Waals surface area contributed by atoms with E-state index in [0.717, 1.165) is 26.2 Å². The Labute approximate surface area is 115 Å². The number of likely N-dealkylation sites (N-methyl/N-ethyl adjacent to an activating group) is 1. The van der Waals surface area contributed by atoms with Crippen LogP contribution in [-0.4, -0.2) is 44.0 Å². The van der Waals surface area contributed by atoms with Gasteiger partial charge in [0.1, 0.15) is 0 Å². The SMILES string of the molecule is CCN(C)CCNC(=O)C1CNCc2ccccc21. The second-order valence-electron chi connectivity index (χ2n) is 5.07. The molecule has 1 aliphatic heterocycles. The predicted molar refractivity (Wildman–Crippen MR) is 77.1 cm³/mol. The fourth-order valence-electron chi connectivity index (χ4n) is 2.38. The lowest BCUT2D eigenvalue weighted by molar-refractivity contribution is -0.122. The largest absolute Gasteiger partial charge is 0.354 e. The highest BCUT2D eigenvalue weighted by Gasteiger charge is 2.25.